The molecule has 0 saturated carbocycles. The summed E-state index contributed by atoms with van der Waals surface area (Å²) >= 11 is 0. The molecule has 25 heavy (non-hydrogen) atoms. The van der Waals surface area contributed by atoms with E-state index in [0.29, 0.717) is 6.61 Å². The maximum Gasteiger partial charge on any atom is 0.414 e. The largest absolute Gasteiger partial charge is 0.493 e. The lowest BCUT2D eigenvalue weighted by atomic mass is 10.2. The van der Waals surface area contributed by atoms with Crippen LogP contribution in [0, 0.1) is 0 Å². The van der Waals surface area contributed by atoms with E-state index in [9.17, 15) is 0 Å². The van der Waals surface area contributed by atoms with Crippen molar-refractivity contribution in [3.63, 3.8) is 0 Å². The van der Waals surface area contributed by atoms with E-state index in [1.54, 1.807) is 7.11 Å². The van der Waals surface area contributed by atoms with Crippen LogP contribution in [0.4, 0.5) is 0 Å². The first-order valence-electron chi connectivity index (χ1n) is 8.00. The van der Waals surface area contributed by atoms with Gasteiger partial charge < -0.3 is 29.7 Å². The topological polar surface area (TPSA) is 114 Å². The van der Waals surface area contributed by atoms with Gasteiger partial charge in [-0.25, -0.2) is 9.59 Å². The molecule has 0 aromatic heterocycles. The standard InChI is InChI=1S/C15H25NO3.C2H2O4/c1-4-18-10-6-9-16-12-13-7-8-14(17-3)15(11-13)19-5-2;3-1(4)2(5)6/h7-8,11,16H,4-6,9-10,12H2,1-3H3;(H,3,4)(H,5,6). The number of aliphatic carboxylic acids is 2. The molecule has 0 fully saturated rings. The minimum atomic E-state index is -1.82. The monoisotopic (exact) mass is 357 g/mol. The zero-order valence-corrected chi connectivity index (χ0v) is 14.9. The Morgan fingerprint density at radius 3 is 2.28 bits per heavy atom. The van der Waals surface area contributed by atoms with Crippen LogP contribution in [0.2, 0.25) is 0 Å². The molecule has 0 radical (unpaired) electrons. The van der Waals surface area contributed by atoms with E-state index in [4.69, 9.17) is 34.0 Å². The molecule has 142 valence electrons. The van der Waals surface area contributed by atoms with Crippen molar-refractivity contribution < 1.29 is 34.0 Å². The molecule has 1 aromatic rings. The molecule has 0 saturated heterocycles. The zero-order valence-electron chi connectivity index (χ0n) is 14.9. The Balaban J connectivity index is 0.000000823. The molecule has 0 spiro atoms. The average molecular weight is 357 g/mol. The first kappa shape index (κ1) is 22.7. The lowest BCUT2D eigenvalue weighted by molar-refractivity contribution is -0.159. The molecular formula is C17H27NO7. The van der Waals surface area contributed by atoms with Gasteiger partial charge in [-0.3, -0.25) is 0 Å². The van der Waals surface area contributed by atoms with E-state index in [0.717, 1.165) is 44.2 Å². The molecule has 8 nitrogen and oxygen atoms in total. The Morgan fingerprint density at radius 1 is 1.08 bits per heavy atom. The Morgan fingerprint density at radius 2 is 1.76 bits per heavy atom. The molecule has 0 amide bonds. The van der Waals surface area contributed by atoms with Crippen molar-refractivity contribution in [3.8, 4) is 11.5 Å². The van der Waals surface area contributed by atoms with Crippen LogP contribution in [0.3, 0.4) is 0 Å². The minimum Gasteiger partial charge on any atom is -0.493 e. The van der Waals surface area contributed by atoms with Gasteiger partial charge >= 0.3 is 11.9 Å². The summed E-state index contributed by atoms with van der Waals surface area (Å²) in [5, 5.41) is 18.2. The minimum absolute atomic E-state index is 0.640. The second kappa shape index (κ2) is 14.1. The highest BCUT2D eigenvalue weighted by Crippen LogP contribution is 2.27. The lowest BCUT2D eigenvalue weighted by Crippen LogP contribution is -2.16. The summed E-state index contributed by atoms with van der Waals surface area (Å²) in [5.74, 6) is -2.06. The molecule has 3 N–H and O–H groups in total. The van der Waals surface area contributed by atoms with Crippen molar-refractivity contribution in [1.82, 2.24) is 5.32 Å². The normalized spacial score (nSPS) is 9.72. The number of carbonyl (C=O) groups is 2. The number of hydrogen-bond acceptors (Lipinski definition) is 6. The van der Waals surface area contributed by atoms with Gasteiger partial charge in [-0.1, -0.05) is 6.07 Å². The van der Waals surface area contributed by atoms with Crippen molar-refractivity contribution in [2.75, 3.05) is 33.5 Å². The highest BCUT2D eigenvalue weighted by atomic mass is 16.5. The number of carboxylic acids is 2. The second-order valence-electron chi connectivity index (χ2n) is 4.76. The molecule has 1 aromatic carbocycles. The van der Waals surface area contributed by atoms with Crippen molar-refractivity contribution in [2.24, 2.45) is 0 Å². The maximum atomic E-state index is 9.10. The van der Waals surface area contributed by atoms with Crippen LogP contribution in [0.15, 0.2) is 18.2 Å². The van der Waals surface area contributed by atoms with Crippen molar-refractivity contribution in [1.29, 1.82) is 0 Å². The van der Waals surface area contributed by atoms with Crippen molar-refractivity contribution in [2.45, 2.75) is 26.8 Å². The van der Waals surface area contributed by atoms with Gasteiger partial charge in [0.05, 0.1) is 13.7 Å². The first-order chi connectivity index (χ1) is 12.0. The SMILES string of the molecule is CCOCCCNCc1ccc(OC)c(OCC)c1.O=C(O)C(=O)O. The predicted octanol–water partition coefficient (Wildman–Crippen LogP) is 1.77. The van der Waals surface area contributed by atoms with Gasteiger partial charge in [-0.15, -0.1) is 0 Å². The number of hydrogen-bond donors (Lipinski definition) is 3. The van der Waals surface area contributed by atoms with Gasteiger partial charge in [0.1, 0.15) is 0 Å². The third kappa shape index (κ3) is 11.0. The van der Waals surface area contributed by atoms with E-state index in [1.165, 1.54) is 5.56 Å². The van der Waals surface area contributed by atoms with Crippen LogP contribution in [0.25, 0.3) is 0 Å². The lowest BCUT2D eigenvalue weighted by Gasteiger charge is -2.11. The molecule has 0 aliphatic rings. The van der Waals surface area contributed by atoms with Gasteiger partial charge in [0.2, 0.25) is 0 Å². The summed E-state index contributed by atoms with van der Waals surface area (Å²) in [4.78, 5) is 18.2. The molecule has 0 bridgehead atoms. The summed E-state index contributed by atoms with van der Waals surface area (Å²) in [6.45, 7) is 8.01. The molecule has 1 rings (SSSR count). The van der Waals surface area contributed by atoms with Crippen LogP contribution >= 0.6 is 0 Å². The van der Waals surface area contributed by atoms with Crippen LogP contribution in [0.5, 0.6) is 11.5 Å². The van der Waals surface area contributed by atoms with Crippen LogP contribution < -0.4 is 14.8 Å². The maximum absolute atomic E-state index is 9.10. The zero-order chi connectivity index (χ0) is 19.1. The Bertz CT molecular complexity index is 508. The first-order valence-corrected chi connectivity index (χ1v) is 8.00. The summed E-state index contributed by atoms with van der Waals surface area (Å²) in [6, 6.07) is 6.02. The smallest absolute Gasteiger partial charge is 0.414 e. The molecule has 0 atom stereocenters. The van der Waals surface area contributed by atoms with Gasteiger partial charge in [-0.05, 0) is 44.5 Å². The summed E-state index contributed by atoms with van der Waals surface area (Å²) < 4.78 is 16.1. The second-order valence-corrected chi connectivity index (χ2v) is 4.76. The fourth-order valence-electron chi connectivity index (χ4n) is 1.78. The molecule has 0 heterocycles. The number of nitrogens with one attached hydrogen (secondary N) is 1. The molecule has 0 aliphatic heterocycles. The van der Waals surface area contributed by atoms with Crippen LogP contribution in [-0.4, -0.2) is 55.6 Å². The Hall–Kier alpha value is -2.32. The van der Waals surface area contributed by atoms with Gasteiger partial charge in [0.25, 0.3) is 0 Å². The number of ether oxygens (including phenoxy) is 3. The summed E-state index contributed by atoms with van der Waals surface area (Å²) in [7, 11) is 1.66. The van der Waals surface area contributed by atoms with Gasteiger partial charge in [-0.2, -0.15) is 0 Å². The highest BCUT2D eigenvalue weighted by Gasteiger charge is 2.05. The molecule has 0 aliphatic carbocycles. The number of carboxylic acid groups (broad SMARTS) is 2. The van der Waals surface area contributed by atoms with E-state index >= 15 is 0 Å². The highest BCUT2D eigenvalue weighted by molar-refractivity contribution is 6.27. The Kier molecular flexibility index (Phi) is 12.8. The average Bonchev–Trinajstić information content (AvgIpc) is 2.59. The quantitative estimate of drug-likeness (QED) is 0.429. The van der Waals surface area contributed by atoms with E-state index < -0.39 is 11.9 Å². The summed E-state index contributed by atoms with van der Waals surface area (Å²) in [5.41, 5.74) is 1.20. The van der Waals surface area contributed by atoms with E-state index in [-0.39, 0.29) is 0 Å². The molecule has 0 unspecified atom stereocenters. The third-order valence-corrected chi connectivity index (χ3v) is 2.89. The molecular weight excluding hydrogens is 330 g/mol. The summed E-state index contributed by atoms with van der Waals surface area (Å²) in [6.07, 6.45) is 1.03. The number of benzene rings is 1. The fourth-order valence-corrected chi connectivity index (χ4v) is 1.78. The third-order valence-electron chi connectivity index (χ3n) is 2.89. The predicted molar refractivity (Wildman–Crippen MR) is 92.3 cm³/mol. The van der Waals surface area contributed by atoms with Gasteiger partial charge in [0, 0.05) is 19.8 Å². The van der Waals surface area contributed by atoms with Crippen LogP contribution in [-0.2, 0) is 20.9 Å². The van der Waals surface area contributed by atoms with E-state index in [1.807, 2.05) is 26.0 Å². The van der Waals surface area contributed by atoms with E-state index in [2.05, 4.69) is 11.4 Å². The fraction of sp³-hybridized carbons (Fsp3) is 0.529. The van der Waals surface area contributed by atoms with Crippen LogP contribution in [0.1, 0.15) is 25.8 Å². The van der Waals surface area contributed by atoms with Gasteiger partial charge in [0.15, 0.2) is 11.5 Å². The van der Waals surface area contributed by atoms with Crippen molar-refractivity contribution >= 4 is 11.9 Å². The number of methoxy groups -OCH3 is 1. The number of rotatable bonds is 10. The molecule has 8 heteroatoms. The Labute approximate surface area is 147 Å². The van der Waals surface area contributed by atoms with Crippen molar-refractivity contribution in [3.05, 3.63) is 23.8 Å².